The molecule has 4 aromatic rings. The molecular weight excluding hydrogens is 436 g/mol. The van der Waals surface area contributed by atoms with E-state index in [2.05, 4.69) is 71.2 Å². The topological polar surface area (TPSA) is 69.5 Å². The van der Waals surface area contributed by atoms with E-state index >= 15 is 0 Å². The van der Waals surface area contributed by atoms with E-state index in [1.54, 1.807) is 11.2 Å². The third kappa shape index (κ3) is 4.45. The number of aromatic amines is 1. The van der Waals surface area contributed by atoms with Gasteiger partial charge in [-0.15, -0.1) is 0 Å². The van der Waals surface area contributed by atoms with Crippen LogP contribution in [0.25, 0.3) is 27.8 Å². The smallest absolute Gasteiger partial charge is 0.236 e. The van der Waals surface area contributed by atoms with E-state index < -0.39 is 0 Å². The zero-order chi connectivity index (χ0) is 24.7. The second-order valence-corrected chi connectivity index (χ2v) is 10.3. The highest BCUT2D eigenvalue weighted by molar-refractivity contribution is 5.92. The number of H-pyrrole nitrogens is 1. The standard InChI is InChI=1S/C28H36N6O/c1-6-19-13-22(15-34-28(19)29-17-30-34)27-26(18(2)3)23-14-21(7-8-24(23)31-27)20-9-11-33(12-10-20)16-25(35)32(4)5/h7-8,13-15,17-18,20,31H,6,9-12,16H2,1-5H3. The van der Waals surface area contributed by atoms with Crippen LogP contribution in [0.15, 0.2) is 36.8 Å². The molecular formula is C28H36N6O. The van der Waals surface area contributed by atoms with Gasteiger partial charge in [0.25, 0.3) is 0 Å². The van der Waals surface area contributed by atoms with Crippen LogP contribution in [0.3, 0.4) is 0 Å². The van der Waals surface area contributed by atoms with E-state index in [9.17, 15) is 4.79 Å². The van der Waals surface area contributed by atoms with Gasteiger partial charge in [-0.2, -0.15) is 5.10 Å². The summed E-state index contributed by atoms with van der Waals surface area (Å²) >= 11 is 0. The Morgan fingerprint density at radius 3 is 2.66 bits per heavy atom. The largest absolute Gasteiger partial charge is 0.354 e. The summed E-state index contributed by atoms with van der Waals surface area (Å²) in [5.74, 6) is 1.09. The Morgan fingerprint density at radius 1 is 1.20 bits per heavy atom. The normalized spacial score (nSPS) is 15.5. The summed E-state index contributed by atoms with van der Waals surface area (Å²) in [5.41, 5.74) is 8.41. The van der Waals surface area contributed by atoms with E-state index in [0.717, 1.165) is 43.6 Å². The molecule has 3 aromatic heterocycles. The number of rotatable bonds is 6. The summed E-state index contributed by atoms with van der Waals surface area (Å²) in [4.78, 5) is 24.2. The molecule has 4 heterocycles. The molecule has 5 rings (SSSR count). The maximum absolute atomic E-state index is 12.1. The second-order valence-electron chi connectivity index (χ2n) is 10.3. The Morgan fingerprint density at radius 2 is 1.97 bits per heavy atom. The van der Waals surface area contributed by atoms with Crippen molar-refractivity contribution in [3.63, 3.8) is 0 Å². The van der Waals surface area contributed by atoms with Crippen LogP contribution in [0.5, 0.6) is 0 Å². The average molecular weight is 473 g/mol. The molecule has 184 valence electrons. The van der Waals surface area contributed by atoms with Gasteiger partial charge in [0.2, 0.25) is 5.91 Å². The molecule has 1 amide bonds. The van der Waals surface area contributed by atoms with Crippen molar-refractivity contribution >= 4 is 22.5 Å². The van der Waals surface area contributed by atoms with Crippen LogP contribution < -0.4 is 0 Å². The van der Waals surface area contributed by atoms with E-state index in [1.165, 1.54) is 33.3 Å². The number of aromatic nitrogens is 4. The predicted octanol–water partition coefficient (Wildman–Crippen LogP) is 4.83. The number of hydrogen-bond donors (Lipinski definition) is 1. The number of hydrogen-bond acceptors (Lipinski definition) is 4. The Hall–Kier alpha value is -3.19. The molecule has 7 heteroatoms. The van der Waals surface area contributed by atoms with E-state index in [4.69, 9.17) is 0 Å². The summed E-state index contributed by atoms with van der Waals surface area (Å²) in [7, 11) is 3.66. The molecule has 35 heavy (non-hydrogen) atoms. The molecule has 0 bridgehead atoms. The highest BCUT2D eigenvalue weighted by Crippen LogP contribution is 2.38. The highest BCUT2D eigenvalue weighted by Gasteiger charge is 2.24. The van der Waals surface area contributed by atoms with Crippen LogP contribution >= 0.6 is 0 Å². The molecule has 0 spiro atoms. The maximum atomic E-state index is 12.1. The van der Waals surface area contributed by atoms with Gasteiger partial charge < -0.3 is 9.88 Å². The second kappa shape index (κ2) is 9.46. The molecule has 1 aliphatic heterocycles. The van der Waals surface area contributed by atoms with Crippen LogP contribution in [-0.4, -0.2) is 69.0 Å². The third-order valence-corrected chi connectivity index (χ3v) is 7.48. The van der Waals surface area contributed by atoms with Crippen molar-refractivity contribution in [1.82, 2.24) is 29.4 Å². The molecule has 1 aliphatic rings. The number of likely N-dealkylation sites (tertiary alicyclic amines) is 1. The lowest BCUT2D eigenvalue weighted by molar-refractivity contribution is -0.130. The summed E-state index contributed by atoms with van der Waals surface area (Å²) < 4.78 is 1.89. The number of fused-ring (bicyclic) bond motifs is 2. The first kappa shape index (κ1) is 23.5. The van der Waals surface area contributed by atoms with Gasteiger partial charge in [0.05, 0.1) is 12.2 Å². The Labute approximate surface area is 207 Å². The number of aryl methyl sites for hydroxylation is 1. The summed E-state index contributed by atoms with van der Waals surface area (Å²) in [6.07, 6.45) is 6.80. The quantitative estimate of drug-likeness (QED) is 0.436. The number of nitrogens with one attached hydrogen (secondary N) is 1. The number of pyridine rings is 1. The number of amides is 1. The maximum Gasteiger partial charge on any atom is 0.236 e. The van der Waals surface area contributed by atoms with Crippen molar-refractivity contribution in [3.05, 3.63) is 53.5 Å². The summed E-state index contributed by atoms with van der Waals surface area (Å²) in [5, 5.41) is 5.73. The summed E-state index contributed by atoms with van der Waals surface area (Å²) in [6, 6.07) is 9.20. The number of likely N-dealkylation sites (N-methyl/N-ethyl adjacent to an activating group) is 1. The molecule has 1 N–H and O–H groups in total. The van der Waals surface area contributed by atoms with Crippen molar-refractivity contribution in [2.45, 2.75) is 51.9 Å². The van der Waals surface area contributed by atoms with Crippen LogP contribution in [0, 0.1) is 0 Å². The molecule has 7 nitrogen and oxygen atoms in total. The molecule has 0 radical (unpaired) electrons. The molecule has 0 unspecified atom stereocenters. The molecule has 1 fully saturated rings. The van der Waals surface area contributed by atoms with Crippen molar-refractivity contribution in [1.29, 1.82) is 0 Å². The first-order valence-corrected chi connectivity index (χ1v) is 12.8. The first-order chi connectivity index (χ1) is 16.9. The molecule has 0 saturated carbocycles. The highest BCUT2D eigenvalue weighted by atomic mass is 16.2. The van der Waals surface area contributed by atoms with Gasteiger partial charge in [-0.3, -0.25) is 9.69 Å². The lowest BCUT2D eigenvalue weighted by atomic mass is 9.87. The van der Waals surface area contributed by atoms with Gasteiger partial charge in [-0.05, 0) is 79.1 Å². The van der Waals surface area contributed by atoms with Crippen molar-refractivity contribution in [3.8, 4) is 11.3 Å². The van der Waals surface area contributed by atoms with Crippen LogP contribution in [0.4, 0.5) is 0 Å². The van der Waals surface area contributed by atoms with Gasteiger partial charge >= 0.3 is 0 Å². The predicted molar refractivity (Wildman–Crippen MR) is 141 cm³/mol. The van der Waals surface area contributed by atoms with Crippen LogP contribution in [0.2, 0.25) is 0 Å². The SMILES string of the molecule is CCc1cc(-c2[nH]c3ccc(C4CCN(CC(=O)N(C)C)CC4)cc3c2C(C)C)cn2ncnc12. The Kier molecular flexibility index (Phi) is 6.36. The van der Waals surface area contributed by atoms with Gasteiger partial charge in [0.15, 0.2) is 5.65 Å². The van der Waals surface area contributed by atoms with Gasteiger partial charge in [-0.25, -0.2) is 9.50 Å². The number of nitrogens with zero attached hydrogens (tertiary/aromatic N) is 5. The van der Waals surface area contributed by atoms with Crippen molar-refractivity contribution < 1.29 is 4.79 Å². The lowest BCUT2D eigenvalue weighted by Gasteiger charge is -2.32. The molecule has 0 aliphatic carbocycles. The van der Waals surface area contributed by atoms with E-state index in [1.807, 2.05) is 18.6 Å². The van der Waals surface area contributed by atoms with Crippen molar-refractivity contribution in [2.75, 3.05) is 33.7 Å². The zero-order valence-corrected chi connectivity index (χ0v) is 21.5. The molecule has 1 aromatic carbocycles. The van der Waals surface area contributed by atoms with Gasteiger partial charge in [0, 0.05) is 36.8 Å². The number of piperidine rings is 1. The van der Waals surface area contributed by atoms with Crippen molar-refractivity contribution in [2.24, 2.45) is 0 Å². The minimum Gasteiger partial charge on any atom is -0.354 e. The fourth-order valence-corrected chi connectivity index (χ4v) is 5.46. The number of carbonyl (C=O) groups is 1. The number of benzene rings is 1. The minimum absolute atomic E-state index is 0.182. The van der Waals surface area contributed by atoms with E-state index in [0.29, 0.717) is 18.4 Å². The first-order valence-electron chi connectivity index (χ1n) is 12.8. The minimum atomic E-state index is 0.182. The monoisotopic (exact) mass is 472 g/mol. The zero-order valence-electron chi connectivity index (χ0n) is 21.5. The Balaban J connectivity index is 1.47. The molecule has 0 atom stereocenters. The van der Waals surface area contributed by atoms with Crippen LogP contribution in [0.1, 0.15) is 62.1 Å². The third-order valence-electron chi connectivity index (χ3n) is 7.48. The van der Waals surface area contributed by atoms with E-state index in [-0.39, 0.29) is 5.91 Å². The Bertz CT molecular complexity index is 1360. The lowest BCUT2D eigenvalue weighted by Crippen LogP contribution is -2.40. The van der Waals surface area contributed by atoms with Crippen LogP contribution in [-0.2, 0) is 11.2 Å². The van der Waals surface area contributed by atoms with Gasteiger partial charge in [0.1, 0.15) is 6.33 Å². The fraction of sp³-hybridized carbons (Fsp3) is 0.464. The number of carbonyl (C=O) groups excluding carboxylic acids is 1. The fourth-order valence-electron chi connectivity index (χ4n) is 5.46. The molecule has 1 saturated heterocycles. The average Bonchev–Trinajstić information content (AvgIpc) is 3.48. The summed E-state index contributed by atoms with van der Waals surface area (Å²) in [6.45, 7) is 9.16. The van der Waals surface area contributed by atoms with Gasteiger partial charge in [-0.1, -0.05) is 26.8 Å².